The summed E-state index contributed by atoms with van der Waals surface area (Å²) >= 11 is 0. The van der Waals surface area contributed by atoms with Crippen molar-refractivity contribution in [2.75, 3.05) is 32.7 Å². The van der Waals surface area contributed by atoms with E-state index in [2.05, 4.69) is 4.90 Å². The van der Waals surface area contributed by atoms with E-state index in [0.717, 1.165) is 38.0 Å². The molecule has 120 valence electrons. The van der Waals surface area contributed by atoms with E-state index in [1.165, 1.54) is 12.8 Å². The lowest BCUT2D eigenvalue weighted by atomic mass is 9.93. The van der Waals surface area contributed by atoms with Crippen molar-refractivity contribution >= 4 is 5.91 Å². The topological polar surface area (TPSA) is 43.8 Å². The zero-order valence-electron chi connectivity index (χ0n) is 13.2. The third-order valence-electron chi connectivity index (χ3n) is 4.96. The molecule has 0 saturated carbocycles. The van der Waals surface area contributed by atoms with Gasteiger partial charge in [-0.25, -0.2) is 0 Å². The normalized spacial score (nSPS) is 26.9. The van der Waals surface area contributed by atoms with Gasteiger partial charge in [-0.2, -0.15) is 0 Å². The van der Waals surface area contributed by atoms with Crippen LogP contribution in [0.15, 0.2) is 30.3 Å². The standard InChI is InChI=1S/C18H26N2O2/c21-17(20-11-6-1-2-7-12-20)14-19-13-10-18(22,15-19)16-8-4-3-5-9-16/h3-5,8-9,22H,1-2,6-7,10-15H2. The minimum Gasteiger partial charge on any atom is -0.384 e. The summed E-state index contributed by atoms with van der Waals surface area (Å²) in [6.45, 7) is 3.57. The first kappa shape index (κ1) is 15.5. The lowest BCUT2D eigenvalue weighted by Crippen LogP contribution is -2.41. The maximum atomic E-state index is 12.5. The van der Waals surface area contributed by atoms with Gasteiger partial charge in [0.2, 0.25) is 5.91 Å². The minimum atomic E-state index is -0.805. The van der Waals surface area contributed by atoms with Gasteiger partial charge in [0.1, 0.15) is 5.60 Å². The quantitative estimate of drug-likeness (QED) is 0.928. The van der Waals surface area contributed by atoms with Crippen LogP contribution in [0.4, 0.5) is 0 Å². The van der Waals surface area contributed by atoms with E-state index in [1.807, 2.05) is 35.2 Å². The number of likely N-dealkylation sites (tertiary alicyclic amines) is 2. The van der Waals surface area contributed by atoms with Crippen molar-refractivity contribution in [1.29, 1.82) is 0 Å². The number of amides is 1. The Hall–Kier alpha value is -1.39. The molecule has 2 aliphatic heterocycles. The van der Waals surface area contributed by atoms with Gasteiger partial charge in [-0.3, -0.25) is 9.69 Å². The molecule has 2 aliphatic rings. The Morgan fingerprint density at radius 3 is 2.41 bits per heavy atom. The number of benzene rings is 1. The second-order valence-electron chi connectivity index (χ2n) is 6.65. The van der Waals surface area contributed by atoms with Gasteiger partial charge in [-0.1, -0.05) is 43.2 Å². The molecular weight excluding hydrogens is 276 g/mol. The van der Waals surface area contributed by atoms with Gasteiger partial charge in [-0.15, -0.1) is 0 Å². The zero-order chi connectivity index (χ0) is 15.4. The molecule has 1 amide bonds. The van der Waals surface area contributed by atoms with Crippen molar-refractivity contribution < 1.29 is 9.90 Å². The number of β-amino-alcohol motifs (C(OH)–C–C–N with tert-alkyl or cyclic N) is 1. The van der Waals surface area contributed by atoms with Gasteiger partial charge in [-0.05, 0) is 24.8 Å². The van der Waals surface area contributed by atoms with Crippen LogP contribution in [0.1, 0.15) is 37.7 Å². The largest absolute Gasteiger partial charge is 0.384 e. The first-order valence-corrected chi connectivity index (χ1v) is 8.45. The fraction of sp³-hybridized carbons (Fsp3) is 0.611. The van der Waals surface area contributed by atoms with Crippen molar-refractivity contribution in [3.63, 3.8) is 0 Å². The Morgan fingerprint density at radius 2 is 1.73 bits per heavy atom. The minimum absolute atomic E-state index is 0.221. The highest BCUT2D eigenvalue weighted by molar-refractivity contribution is 5.78. The number of hydrogen-bond donors (Lipinski definition) is 1. The molecule has 0 aliphatic carbocycles. The smallest absolute Gasteiger partial charge is 0.236 e. The van der Waals surface area contributed by atoms with E-state index >= 15 is 0 Å². The molecule has 0 bridgehead atoms. The van der Waals surface area contributed by atoms with Crippen molar-refractivity contribution in [2.24, 2.45) is 0 Å². The van der Waals surface area contributed by atoms with Crippen molar-refractivity contribution in [2.45, 2.75) is 37.7 Å². The second kappa shape index (κ2) is 6.80. The Balaban J connectivity index is 1.57. The first-order chi connectivity index (χ1) is 10.7. The lowest BCUT2D eigenvalue weighted by molar-refractivity contribution is -0.132. The maximum Gasteiger partial charge on any atom is 0.236 e. The molecule has 0 aromatic heterocycles. The molecule has 1 aromatic rings. The molecule has 4 heteroatoms. The Bertz CT molecular complexity index is 497. The highest BCUT2D eigenvalue weighted by atomic mass is 16.3. The fourth-order valence-corrected chi connectivity index (χ4v) is 3.60. The van der Waals surface area contributed by atoms with Gasteiger partial charge in [0, 0.05) is 26.2 Å². The maximum absolute atomic E-state index is 12.5. The zero-order valence-corrected chi connectivity index (χ0v) is 13.2. The summed E-state index contributed by atoms with van der Waals surface area (Å²) in [5.74, 6) is 0.221. The third kappa shape index (κ3) is 3.50. The molecule has 2 fully saturated rings. The summed E-state index contributed by atoms with van der Waals surface area (Å²) in [7, 11) is 0. The van der Waals surface area contributed by atoms with Gasteiger partial charge >= 0.3 is 0 Å². The van der Waals surface area contributed by atoms with Crippen molar-refractivity contribution in [3.8, 4) is 0 Å². The molecule has 4 nitrogen and oxygen atoms in total. The van der Waals surface area contributed by atoms with Crippen molar-refractivity contribution in [1.82, 2.24) is 9.80 Å². The van der Waals surface area contributed by atoms with Crippen LogP contribution < -0.4 is 0 Å². The summed E-state index contributed by atoms with van der Waals surface area (Å²) in [5, 5.41) is 10.8. The van der Waals surface area contributed by atoms with Crippen molar-refractivity contribution in [3.05, 3.63) is 35.9 Å². The first-order valence-electron chi connectivity index (χ1n) is 8.45. The summed E-state index contributed by atoms with van der Waals surface area (Å²) in [5.41, 5.74) is 0.153. The molecule has 1 atom stereocenters. The van der Waals surface area contributed by atoms with Crippen LogP contribution in [0.25, 0.3) is 0 Å². The molecule has 22 heavy (non-hydrogen) atoms. The lowest BCUT2D eigenvalue weighted by Gasteiger charge is -2.26. The number of aliphatic hydroxyl groups is 1. The molecule has 3 rings (SSSR count). The predicted molar refractivity (Wildman–Crippen MR) is 86.4 cm³/mol. The summed E-state index contributed by atoms with van der Waals surface area (Å²) in [4.78, 5) is 16.6. The van der Waals surface area contributed by atoms with Gasteiger partial charge in [0.15, 0.2) is 0 Å². The highest BCUT2D eigenvalue weighted by Gasteiger charge is 2.38. The second-order valence-corrected chi connectivity index (χ2v) is 6.65. The molecule has 0 radical (unpaired) electrons. The Morgan fingerprint density at radius 1 is 1.05 bits per heavy atom. The van der Waals surface area contributed by atoms with E-state index in [4.69, 9.17) is 0 Å². The van der Waals surface area contributed by atoms with E-state index < -0.39 is 5.60 Å². The predicted octanol–water partition coefficient (Wildman–Crippen LogP) is 1.98. The van der Waals surface area contributed by atoms with E-state index in [-0.39, 0.29) is 5.91 Å². The van der Waals surface area contributed by atoms with Gasteiger partial charge < -0.3 is 10.0 Å². The fourth-order valence-electron chi connectivity index (χ4n) is 3.60. The Labute approximate surface area is 132 Å². The Kier molecular flexibility index (Phi) is 4.79. The van der Waals surface area contributed by atoms with Crippen LogP contribution in [0.5, 0.6) is 0 Å². The molecule has 2 heterocycles. The van der Waals surface area contributed by atoms with Gasteiger partial charge in [0.05, 0.1) is 6.54 Å². The molecule has 1 aromatic carbocycles. The average molecular weight is 302 g/mol. The monoisotopic (exact) mass is 302 g/mol. The van der Waals surface area contributed by atoms with E-state index in [9.17, 15) is 9.90 Å². The molecule has 2 saturated heterocycles. The van der Waals surface area contributed by atoms with E-state index in [0.29, 0.717) is 19.5 Å². The average Bonchev–Trinajstić information content (AvgIpc) is 2.76. The molecule has 0 spiro atoms. The number of rotatable bonds is 3. The van der Waals surface area contributed by atoms with Crippen LogP contribution >= 0.6 is 0 Å². The summed E-state index contributed by atoms with van der Waals surface area (Å²) in [6.07, 6.45) is 5.42. The summed E-state index contributed by atoms with van der Waals surface area (Å²) < 4.78 is 0. The van der Waals surface area contributed by atoms with Crippen LogP contribution in [0, 0.1) is 0 Å². The van der Waals surface area contributed by atoms with Gasteiger partial charge in [0.25, 0.3) is 0 Å². The number of hydrogen-bond acceptors (Lipinski definition) is 3. The number of carbonyl (C=O) groups excluding carboxylic acids is 1. The molecule has 1 unspecified atom stereocenters. The van der Waals surface area contributed by atoms with Crippen LogP contribution in [-0.4, -0.2) is 53.5 Å². The van der Waals surface area contributed by atoms with E-state index in [1.54, 1.807) is 0 Å². The van der Waals surface area contributed by atoms with Crippen LogP contribution in [0.3, 0.4) is 0 Å². The molecule has 1 N–H and O–H groups in total. The number of carbonyl (C=O) groups is 1. The highest BCUT2D eigenvalue weighted by Crippen LogP contribution is 2.31. The SMILES string of the molecule is O=C(CN1CCC(O)(c2ccccc2)C1)N1CCCCCC1. The van der Waals surface area contributed by atoms with Crippen LogP contribution in [-0.2, 0) is 10.4 Å². The number of nitrogens with zero attached hydrogens (tertiary/aromatic N) is 2. The third-order valence-corrected chi connectivity index (χ3v) is 4.96. The van der Waals surface area contributed by atoms with Crippen LogP contribution in [0.2, 0.25) is 0 Å². The summed E-state index contributed by atoms with van der Waals surface area (Å²) in [6, 6.07) is 9.82. The molecular formula is C18H26N2O2.